The van der Waals surface area contributed by atoms with Crippen molar-refractivity contribution in [3.8, 4) is 0 Å². The van der Waals surface area contributed by atoms with Crippen molar-refractivity contribution in [2.24, 2.45) is 5.92 Å². The summed E-state index contributed by atoms with van der Waals surface area (Å²) in [5.41, 5.74) is 0. The Morgan fingerprint density at radius 3 is 2.19 bits per heavy atom. The van der Waals surface area contributed by atoms with Gasteiger partial charge in [-0.15, -0.1) is 0 Å². The highest BCUT2D eigenvalue weighted by Crippen LogP contribution is 2.27. The Hall–Kier alpha value is -0.0800. The molecule has 2 saturated carbocycles. The van der Waals surface area contributed by atoms with Gasteiger partial charge in [-0.2, -0.15) is 0 Å². The molecule has 2 unspecified atom stereocenters. The van der Waals surface area contributed by atoms with Crippen molar-refractivity contribution in [2.45, 2.75) is 82.9 Å². The van der Waals surface area contributed by atoms with Crippen molar-refractivity contribution in [3.05, 3.63) is 0 Å². The molecule has 2 heteroatoms. The van der Waals surface area contributed by atoms with Gasteiger partial charge in [-0.3, -0.25) is 0 Å². The van der Waals surface area contributed by atoms with E-state index in [1.165, 1.54) is 44.9 Å². The molecule has 2 rings (SSSR count). The van der Waals surface area contributed by atoms with Crippen LogP contribution >= 0.6 is 0 Å². The lowest BCUT2D eigenvalue weighted by atomic mass is 9.92. The highest BCUT2D eigenvalue weighted by Gasteiger charge is 2.28. The van der Waals surface area contributed by atoms with Crippen molar-refractivity contribution in [1.29, 1.82) is 0 Å². The highest BCUT2D eigenvalue weighted by molar-refractivity contribution is 4.86. The quantitative estimate of drug-likeness (QED) is 0.724. The first-order valence-electron chi connectivity index (χ1n) is 7.21. The fourth-order valence-electron chi connectivity index (χ4n) is 3.42. The van der Waals surface area contributed by atoms with Gasteiger partial charge in [0.05, 0.1) is 6.10 Å². The molecule has 2 fully saturated rings. The maximum absolute atomic E-state index is 9.83. The molecule has 94 valence electrons. The molecule has 0 amide bonds. The van der Waals surface area contributed by atoms with Crippen molar-refractivity contribution >= 4 is 0 Å². The average molecular weight is 225 g/mol. The molecule has 2 N–H and O–H groups in total. The molecule has 0 saturated heterocycles. The molecule has 0 bridgehead atoms. The topological polar surface area (TPSA) is 32.3 Å². The van der Waals surface area contributed by atoms with Crippen LogP contribution in [-0.2, 0) is 0 Å². The number of hydrogen-bond acceptors (Lipinski definition) is 2. The summed E-state index contributed by atoms with van der Waals surface area (Å²) in [4.78, 5) is 0. The minimum atomic E-state index is -0.0896. The Labute approximate surface area is 99.8 Å². The molecule has 0 heterocycles. The molecule has 3 atom stereocenters. The molecule has 0 aliphatic heterocycles. The van der Waals surface area contributed by atoms with Gasteiger partial charge in [0.1, 0.15) is 0 Å². The molecular weight excluding hydrogens is 198 g/mol. The van der Waals surface area contributed by atoms with Crippen molar-refractivity contribution in [2.75, 3.05) is 0 Å². The average Bonchev–Trinajstić information content (AvgIpc) is 2.57. The third kappa shape index (κ3) is 3.21. The van der Waals surface area contributed by atoms with Gasteiger partial charge in [0.2, 0.25) is 0 Å². The SMILES string of the molecule is C[C@H](NC1CCCC1O)C1CCCCCC1. The zero-order valence-electron chi connectivity index (χ0n) is 10.6. The largest absolute Gasteiger partial charge is 0.392 e. The predicted molar refractivity (Wildman–Crippen MR) is 67.4 cm³/mol. The zero-order valence-corrected chi connectivity index (χ0v) is 10.6. The molecule has 16 heavy (non-hydrogen) atoms. The summed E-state index contributed by atoms with van der Waals surface area (Å²) < 4.78 is 0. The Bertz CT molecular complexity index is 199. The van der Waals surface area contributed by atoms with Crippen LogP contribution in [-0.4, -0.2) is 23.3 Å². The molecule has 0 aromatic heterocycles. The summed E-state index contributed by atoms with van der Waals surface area (Å²) in [7, 11) is 0. The first-order chi connectivity index (χ1) is 7.77. The number of hydrogen-bond donors (Lipinski definition) is 2. The molecule has 0 aromatic carbocycles. The second kappa shape index (κ2) is 6.02. The Balaban J connectivity index is 1.79. The van der Waals surface area contributed by atoms with Crippen LogP contribution in [0.2, 0.25) is 0 Å². The molecular formula is C14H27NO. The van der Waals surface area contributed by atoms with E-state index in [1.54, 1.807) is 0 Å². The fourth-order valence-corrected chi connectivity index (χ4v) is 3.42. The first kappa shape index (κ1) is 12.4. The van der Waals surface area contributed by atoms with E-state index in [-0.39, 0.29) is 6.10 Å². The summed E-state index contributed by atoms with van der Waals surface area (Å²) in [6.45, 7) is 2.32. The van der Waals surface area contributed by atoms with E-state index in [0.29, 0.717) is 12.1 Å². The van der Waals surface area contributed by atoms with E-state index in [2.05, 4.69) is 12.2 Å². The summed E-state index contributed by atoms with van der Waals surface area (Å²) in [5.74, 6) is 0.843. The summed E-state index contributed by atoms with van der Waals surface area (Å²) in [6, 6.07) is 0.967. The van der Waals surface area contributed by atoms with Gasteiger partial charge in [-0.25, -0.2) is 0 Å². The lowest BCUT2D eigenvalue weighted by Crippen LogP contribution is -2.44. The van der Waals surface area contributed by atoms with E-state index < -0.39 is 0 Å². The van der Waals surface area contributed by atoms with Gasteiger partial charge in [0, 0.05) is 12.1 Å². The van der Waals surface area contributed by atoms with E-state index >= 15 is 0 Å². The van der Waals surface area contributed by atoms with E-state index in [1.807, 2.05) is 0 Å². The Kier molecular flexibility index (Phi) is 4.66. The van der Waals surface area contributed by atoms with E-state index in [0.717, 1.165) is 18.8 Å². The van der Waals surface area contributed by atoms with Crippen LogP contribution in [0.4, 0.5) is 0 Å². The predicted octanol–water partition coefficient (Wildman–Crippen LogP) is 2.85. The first-order valence-corrected chi connectivity index (χ1v) is 7.21. The van der Waals surface area contributed by atoms with Crippen molar-refractivity contribution < 1.29 is 5.11 Å². The Morgan fingerprint density at radius 1 is 0.938 bits per heavy atom. The third-order valence-electron chi connectivity index (χ3n) is 4.56. The Morgan fingerprint density at radius 2 is 1.62 bits per heavy atom. The van der Waals surface area contributed by atoms with Crippen LogP contribution in [0.25, 0.3) is 0 Å². The normalized spacial score (nSPS) is 34.9. The van der Waals surface area contributed by atoms with Crippen LogP contribution in [0.5, 0.6) is 0 Å². The number of aliphatic hydroxyl groups is 1. The summed E-state index contributed by atoms with van der Waals surface area (Å²) in [6.07, 6.45) is 11.7. The van der Waals surface area contributed by atoms with Crippen LogP contribution in [0.3, 0.4) is 0 Å². The van der Waals surface area contributed by atoms with E-state index in [4.69, 9.17) is 0 Å². The molecule has 0 radical (unpaired) electrons. The van der Waals surface area contributed by atoms with Gasteiger partial charge in [-0.1, -0.05) is 25.7 Å². The van der Waals surface area contributed by atoms with Crippen LogP contribution < -0.4 is 5.32 Å². The lowest BCUT2D eigenvalue weighted by Gasteiger charge is -2.28. The van der Waals surface area contributed by atoms with Gasteiger partial charge >= 0.3 is 0 Å². The van der Waals surface area contributed by atoms with Gasteiger partial charge < -0.3 is 10.4 Å². The second-order valence-electron chi connectivity index (χ2n) is 5.81. The van der Waals surface area contributed by atoms with Crippen LogP contribution in [0.15, 0.2) is 0 Å². The fraction of sp³-hybridized carbons (Fsp3) is 1.00. The van der Waals surface area contributed by atoms with Gasteiger partial charge in [-0.05, 0) is 44.9 Å². The van der Waals surface area contributed by atoms with Crippen LogP contribution in [0, 0.1) is 5.92 Å². The van der Waals surface area contributed by atoms with Crippen LogP contribution in [0.1, 0.15) is 64.7 Å². The number of aliphatic hydroxyl groups excluding tert-OH is 1. The van der Waals surface area contributed by atoms with E-state index in [9.17, 15) is 5.11 Å². The molecule has 2 nitrogen and oxygen atoms in total. The molecule has 0 spiro atoms. The monoisotopic (exact) mass is 225 g/mol. The maximum atomic E-state index is 9.83. The van der Waals surface area contributed by atoms with Gasteiger partial charge in [0.25, 0.3) is 0 Å². The summed E-state index contributed by atoms with van der Waals surface area (Å²) >= 11 is 0. The smallest absolute Gasteiger partial charge is 0.0693 e. The number of nitrogens with one attached hydrogen (secondary N) is 1. The zero-order chi connectivity index (χ0) is 11.4. The minimum Gasteiger partial charge on any atom is -0.392 e. The standard InChI is InChI=1S/C14H27NO/c1-11(12-7-4-2-3-5-8-12)15-13-9-6-10-14(13)16/h11-16H,2-10H2,1H3/t11-,13?,14?/m0/s1. The lowest BCUT2D eigenvalue weighted by molar-refractivity contribution is 0.136. The second-order valence-corrected chi connectivity index (χ2v) is 5.81. The molecule has 0 aromatic rings. The maximum Gasteiger partial charge on any atom is 0.0693 e. The molecule has 2 aliphatic carbocycles. The molecule has 2 aliphatic rings. The van der Waals surface area contributed by atoms with Crippen molar-refractivity contribution in [1.82, 2.24) is 5.32 Å². The number of rotatable bonds is 3. The van der Waals surface area contributed by atoms with Gasteiger partial charge in [0.15, 0.2) is 0 Å². The van der Waals surface area contributed by atoms with Crippen molar-refractivity contribution in [3.63, 3.8) is 0 Å². The highest BCUT2D eigenvalue weighted by atomic mass is 16.3. The summed E-state index contributed by atoms with van der Waals surface area (Å²) in [5, 5.41) is 13.5. The third-order valence-corrected chi connectivity index (χ3v) is 4.56. The minimum absolute atomic E-state index is 0.0896.